The summed E-state index contributed by atoms with van der Waals surface area (Å²) in [7, 11) is -2.23. The number of rotatable bonds is 7. The molecule has 2 aromatic carbocycles. The van der Waals surface area contributed by atoms with Gasteiger partial charge >= 0.3 is 0 Å². The zero-order valence-corrected chi connectivity index (χ0v) is 22.3. The lowest BCUT2D eigenvalue weighted by molar-refractivity contribution is 0.101. The van der Waals surface area contributed by atoms with Crippen molar-refractivity contribution in [2.45, 2.75) is 40.0 Å². The number of nitrogens with zero attached hydrogens (tertiary/aromatic N) is 1. The second-order valence-corrected chi connectivity index (χ2v) is 11.4. The number of pyridine rings is 1. The Kier molecular flexibility index (Phi) is 7.54. The molecule has 1 heterocycles. The molecule has 0 aliphatic heterocycles. The quantitative estimate of drug-likeness (QED) is 0.424. The topological polar surface area (TPSA) is 114 Å². The van der Waals surface area contributed by atoms with Crippen LogP contribution in [0.4, 0.5) is 11.4 Å². The first-order valence-electron chi connectivity index (χ1n) is 11.3. The summed E-state index contributed by atoms with van der Waals surface area (Å²) in [5.74, 6) is -0.377. The first-order chi connectivity index (χ1) is 16.7. The van der Waals surface area contributed by atoms with Crippen LogP contribution in [0.5, 0.6) is 5.75 Å². The van der Waals surface area contributed by atoms with Crippen LogP contribution in [-0.2, 0) is 15.4 Å². The van der Waals surface area contributed by atoms with E-state index in [9.17, 15) is 18.0 Å². The number of anilines is 2. The summed E-state index contributed by atoms with van der Waals surface area (Å²) in [5, 5.41) is 2.86. The molecule has 3 rings (SSSR count). The Hall–Kier alpha value is -3.72. The first kappa shape index (κ1) is 26.9. The van der Waals surface area contributed by atoms with E-state index in [0.29, 0.717) is 11.3 Å². The van der Waals surface area contributed by atoms with E-state index in [2.05, 4.69) is 15.0 Å². The molecule has 0 unspecified atom stereocenters. The van der Waals surface area contributed by atoms with Gasteiger partial charge in [-0.25, -0.2) is 8.42 Å². The molecule has 0 aliphatic rings. The molecule has 190 valence electrons. The van der Waals surface area contributed by atoms with Gasteiger partial charge in [0.2, 0.25) is 10.0 Å². The predicted octanol–water partition coefficient (Wildman–Crippen LogP) is 5.19. The number of sulfonamides is 1. The standard InChI is InChI=1S/C27H31N3O5S/c1-16-22(19-10-8-18(9-11-19)17(2)31)14-21(15-28-16)29-26(32)23-12-20(27(3,4)5)13-24(25(23)35-6)30-36(7,33)34/h8-15,30H,1-7H3,(H,29,32). The number of carbonyl (C=O) groups excluding carboxylic acids is 2. The van der Waals surface area contributed by atoms with Crippen LogP contribution in [0.15, 0.2) is 48.7 Å². The molecule has 2 N–H and O–H groups in total. The van der Waals surface area contributed by atoms with Gasteiger partial charge in [-0.1, -0.05) is 45.0 Å². The maximum absolute atomic E-state index is 13.4. The van der Waals surface area contributed by atoms with Gasteiger partial charge in [0, 0.05) is 16.8 Å². The second-order valence-electron chi connectivity index (χ2n) is 9.67. The van der Waals surface area contributed by atoms with E-state index < -0.39 is 15.9 Å². The fourth-order valence-electron chi connectivity index (χ4n) is 3.70. The Morgan fingerprint density at radius 1 is 1.03 bits per heavy atom. The minimum atomic E-state index is -3.62. The Balaban J connectivity index is 2.03. The largest absolute Gasteiger partial charge is 0.494 e. The summed E-state index contributed by atoms with van der Waals surface area (Å²) in [6.45, 7) is 9.27. The summed E-state index contributed by atoms with van der Waals surface area (Å²) in [6.07, 6.45) is 2.59. The van der Waals surface area contributed by atoms with Gasteiger partial charge < -0.3 is 10.1 Å². The fraction of sp³-hybridized carbons (Fsp3) is 0.296. The number of ketones is 1. The van der Waals surface area contributed by atoms with Gasteiger partial charge in [0.05, 0.1) is 36.5 Å². The van der Waals surface area contributed by atoms with Crippen molar-refractivity contribution in [3.8, 4) is 16.9 Å². The van der Waals surface area contributed by atoms with E-state index in [1.54, 1.807) is 36.5 Å². The summed E-state index contributed by atoms with van der Waals surface area (Å²) in [6, 6.07) is 12.4. The molecule has 0 bridgehead atoms. The maximum atomic E-state index is 13.4. The third-order valence-corrected chi connectivity index (χ3v) is 6.24. The Morgan fingerprint density at radius 2 is 1.67 bits per heavy atom. The highest BCUT2D eigenvalue weighted by Gasteiger charge is 2.24. The Morgan fingerprint density at radius 3 is 2.19 bits per heavy atom. The third kappa shape index (κ3) is 6.28. The molecule has 3 aromatic rings. The monoisotopic (exact) mass is 509 g/mol. The van der Waals surface area contributed by atoms with Crippen molar-refractivity contribution in [1.82, 2.24) is 4.98 Å². The SMILES string of the molecule is COc1c(NS(C)(=O)=O)cc(C(C)(C)C)cc1C(=O)Nc1cnc(C)c(-c2ccc(C(C)=O)cc2)c1. The molecule has 0 radical (unpaired) electrons. The molecule has 8 nitrogen and oxygen atoms in total. The highest BCUT2D eigenvalue weighted by Crippen LogP contribution is 2.36. The van der Waals surface area contributed by atoms with Crippen LogP contribution in [0, 0.1) is 6.92 Å². The smallest absolute Gasteiger partial charge is 0.259 e. The zero-order chi connectivity index (χ0) is 26.8. The lowest BCUT2D eigenvalue weighted by atomic mass is 9.85. The fourth-order valence-corrected chi connectivity index (χ4v) is 4.25. The molecular formula is C27H31N3O5S. The van der Waals surface area contributed by atoms with Crippen LogP contribution in [0.3, 0.4) is 0 Å². The molecular weight excluding hydrogens is 478 g/mol. The summed E-state index contributed by atoms with van der Waals surface area (Å²) >= 11 is 0. The number of hydrogen-bond donors (Lipinski definition) is 2. The van der Waals surface area contributed by atoms with E-state index >= 15 is 0 Å². The molecule has 0 spiro atoms. The number of aryl methyl sites for hydroxylation is 1. The number of aromatic nitrogens is 1. The summed E-state index contributed by atoms with van der Waals surface area (Å²) < 4.78 is 31.9. The highest BCUT2D eigenvalue weighted by atomic mass is 32.2. The molecule has 0 fully saturated rings. The number of methoxy groups -OCH3 is 1. The summed E-state index contributed by atoms with van der Waals surface area (Å²) in [4.78, 5) is 29.4. The van der Waals surface area contributed by atoms with Crippen molar-refractivity contribution in [2.75, 3.05) is 23.4 Å². The van der Waals surface area contributed by atoms with Crippen molar-refractivity contribution >= 4 is 33.1 Å². The van der Waals surface area contributed by atoms with E-state index in [0.717, 1.165) is 28.6 Å². The van der Waals surface area contributed by atoms with Gasteiger partial charge in [0.1, 0.15) is 0 Å². The number of hydrogen-bond acceptors (Lipinski definition) is 6. The molecule has 1 aromatic heterocycles. The lowest BCUT2D eigenvalue weighted by Gasteiger charge is -2.23. The zero-order valence-electron chi connectivity index (χ0n) is 21.5. The number of benzene rings is 2. The number of ether oxygens (including phenoxy) is 1. The van der Waals surface area contributed by atoms with Gasteiger partial charge in [-0.3, -0.25) is 19.3 Å². The second kappa shape index (κ2) is 10.1. The minimum absolute atomic E-state index is 0.0198. The third-order valence-electron chi connectivity index (χ3n) is 5.65. The lowest BCUT2D eigenvalue weighted by Crippen LogP contribution is -2.20. The molecule has 1 amide bonds. The number of nitrogens with one attached hydrogen (secondary N) is 2. The average molecular weight is 510 g/mol. The highest BCUT2D eigenvalue weighted by molar-refractivity contribution is 7.92. The Bertz CT molecular complexity index is 1420. The van der Waals surface area contributed by atoms with Gasteiger partial charge in [0.25, 0.3) is 5.91 Å². The number of Topliss-reactive ketones (excluding diaryl/α,β-unsaturated/α-hetero) is 1. The molecule has 9 heteroatoms. The van der Waals surface area contributed by atoms with Crippen LogP contribution >= 0.6 is 0 Å². The normalized spacial score (nSPS) is 11.6. The minimum Gasteiger partial charge on any atom is -0.494 e. The van der Waals surface area contributed by atoms with Crippen LogP contribution in [0.2, 0.25) is 0 Å². The van der Waals surface area contributed by atoms with Crippen molar-refractivity contribution < 1.29 is 22.7 Å². The van der Waals surface area contributed by atoms with Gasteiger partial charge in [-0.2, -0.15) is 0 Å². The van der Waals surface area contributed by atoms with Crippen LogP contribution in [-0.4, -0.2) is 38.5 Å². The van der Waals surface area contributed by atoms with Crippen molar-refractivity contribution in [1.29, 1.82) is 0 Å². The van der Waals surface area contributed by atoms with E-state index in [1.165, 1.54) is 14.0 Å². The molecule has 0 saturated carbocycles. The van der Waals surface area contributed by atoms with Crippen LogP contribution < -0.4 is 14.8 Å². The maximum Gasteiger partial charge on any atom is 0.259 e. The van der Waals surface area contributed by atoms with Gasteiger partial charge in [0.15, 0.2) is 11.5 Å². The van der Waals surface area contributed by atoms with E-state index in [-0.39, 0.29) is 28.2 Å². The van der Waals surface area contributed by atoms with E-state index in [4.69, 9.17) is 4.74 Å². The van der Waals surface area contributed by atoms with Crippen molar-refractivity contribution in [3.05, 3.63) is 71.0 Å². The van der Waals surface area contributed by atoms with Crippen molar-refractivity contribution in [3.63, 3.8) is 0 Å². The summed E-state index contributed by atoms with van der Waals surface area (Å²) in [5.41, 5.74) is 4.25. The number of amides is 1. The Labute approximate surface area is 212 Å². The van der Waals surface area contributed by atoms with Crippen LogP contribution in [0.25, 0.3) is 11.1 Å². The first-order valence-corrected chi connectivity index (χ1v) is 13.2. The molecule has 0 atom stereocenters. The van der Waals surface area contributed by atoms with E-state index in [1.807, 2.05) is 39.8 Å². The molecule has 36 heavy (non-hydrogen) atoms. The van der Waals surface area contributed by atoms with Crippen molar-refractivity contribution in [2.24, 2.45) is 0 Å². The van der Waals surface area contributed by atoms with Gasteiger partial charge in [-0.05, 0) is 48.6 Å². The predicted molar refractivity (Wildman–Crippen MR) is 143 cm³/mol. The van der Waals surface area contributed by atoms with Crippen LogP contribution in [0.1, 0.15) is 59.7 Å². The number of carbonyl (C=O) groups is 2. The molecule has 0 saturated heterocycles. The molecule has 0 aliphatic carbocycles. The average Bonchev–Trinajstić information content (AvgIpc) is 2.78. The van der Waals surface area contributed by atoms with Gasteiger partial charge in [-0.15, -0.1) is 0 Å².